The second kappa shape index (κ2) is 7.87. The number of aromatic nitrogens is 4. The maximum atomic E-state index is 12.4. The van der Waals surface area contributed by atoms with E-state index in [-0.39, 0.29) is 11.3 Å². The molecule has 0 unspecified atom stereocenters. The molecule has 26 heavy (non-hydrogen) atoms. The molecule has 0 aliphatic heterocycles. The van der Waals surface area contributed by atoms with Gasteiger partial charge in [-0.1, -0.05) is 36.4 Å². The minimum absolute atomic E-state index is 0.0260. The molecular weight excluding hydrogens is 354 g/mol. The number of carbonyl (C=O) groups excluding carboxylic acids is 1. The van der Waals surface area contributed by atoms with Crippen LogP contribution in [0, 0.1) is 0 Å². The average Bonchev–Trinajstić information content (AvgIpc) is 3.17. The van der Waals surface area contributed by atoms with Gasteiger partial charge in [0.05, 0.1) is 10.6 Å². The van der Waals surface area contributed by atoms with E-state index in [4.69, 9.17) is 0 Å². The van der Waals surface area contributed by atoms with Gasteiger partial charge in [0, 0.05) is 6.42 Å². The molecular formula is C17H17N5O3S. The number of hydrogen-bond acceptors (Lipinski definition) is 6. The standard InChI is InChI=1S/C17H17N5O3S/c23-17(11-4-8-14-6-2-1-3-7-14)19-26(24,25)16-10-5-9-15(12-16)22-13-18-20-21-22/h1-3,5-7,9-10,12-13H,4,8,11H2,(H,19,23). The SMILES string of the molecule is O=C(CCCc1ccccc1)NS(=O)(=O)c1cccc(-n2cnnn2)c1. The highest BCUT2D eigenvalue weighted by Gasteiger charge is 2.18. The summed E-state index contributed by atoms with van der Waals surface area (Å²) < 4.78 is 28.2. The van der Waals surface area contributed by atoms with Crippen molar-refractivity contribution in [3.63, 3.8) is 0 Å². The summed E-state index contributed by atoms with van der Waals surface area (Å²) in [5.41, 5.74) is 1.59. The molecule has 1 amide bonds. The number of hydrogen-bond donors (Lipinski definition) is 1. The van der Waals surface area contributed by atoms with E-state index in [2.05, 4.69) is 20.2 Å². The molecule has 0 spiro atoms. The van der Waals surface area contributed by atoms with Crippen LogP contribution in [0.2, 0.25) is 0 Å². The second-order valence-corrected chi connectivity index (χ2v) is 7.30. The fraction of sp³-hybridized carbons (Fsp3) is 0.176. The minimum atomic E-state index is -3.95. The summed E-state index contributed by atoms with van der Waals surface area (Å²) in [4.78, 5) is 12.0. The molecule has 0 bridgehead atoms. The first-order chi connectivity index (χ1) is 12.5. The number of benzene rings is 2. The van der Waals surface area contributed by atoms with Crippen LogP contribution in [0.25, 0.3) is 5.69 Å². The van der Waals surface area contributed by atoms with Gasteiger partial charge in [0.15, 0.2) is 0 Å². The van der Waals surface area contributed by atoms with E-state index < -0.39 is 15.9 Å². The van der Waals surface area contributed by atoms with Gasteiger partial charge in [-0.25, -0.2) is 17.8 Å². The van der Waals surface area contributed by atoms with Crippen LogP contribution < -0.4 is 4.72 Å². The zero-order chi connectivity index (χ0) is 18.4. The third kappa shape index (κ3) is 4.51. The van der Waals surface area contributed by atoms with E-state index in [0.29, 0.717) is 18.5 Å². The van der Waals surface area contributed by atoms with Gasteiger partial charge >= 0.3 is 0 Å². The molecule has 0 aliphatic rings. The Kier molecular flexibility index (Phi) is 5.37. The molecule has 134 valence electrons. The Labute approximate surface area is 150 Å². The molecule has 1 aromatic heterocycles. The number of nitrogens with zero attached hydrogens (tertiary/aromatic N) is 4. The Hall–Kier alpha value is -3.07. The van der Waals surface area contributed by atoms with Gasteiger partial charge in [-0.15, -0.1) is 5.10 Å². The van der Waals surface area contributed by atoms with Gasteiger partial charge in [0.2, 0.25) is 5.91 Å². The fourth-order valence-corrected chi connectivity index (χ4v) is 3.48. The third-order valence-electron chi connectivity index (χ3n) is 3.70. The molecule has 0 radical (unpaired) electrons. The zero-order valence-corrected chi connectivity index (χ0v) is 14.6. The number of tetrazole rings is 1. The minimum Gasteiger partial charge on any atom is -0.274 e. The van der Waals surface area contributed by atoms with Crippen LogP contribution in [0.15, 0.2) is 65.8 Å². The molecule has 3 aromatic rings. The Balaban J connectivity index is 1.61. The van der Waals surface area contributed by atoms with Crippen molar-refractivity contribution in [2.75, 3.05) is 0 Å². The first kappa shape index (κ1) is 17.7. The summed E-state index contributed by atoms with van der Waals surface area (Å²) in [6.07, 6.45) is 2.76. The van der Waals surface area contributed by atoms with Gasteiger partial charge in [0.25, 0.3) is 10.0 Å². The Morgan fingerprint density at radius 2 is 1.88 bits per heavy atom. The van der Waals surface area contributed by atoms with Crippen LogP contribution in [0.3, 0.4) is 0 Å². The highest BCUT2D eigenvalue weighted by Crippen LogP contribution is 2.14. The molecule has 0 saturated heterocycles. The molecule has 0 saturated carbocycles. The van der Waals surface area contributed by atoms with Gasteiger partial charge < -0.3 is 0 Å². The van der Waals surface area contributed by atoms with Crippen LogP contribution in [0.4, 0.5) is 0 Å². The lowest BCUT2D eigenvalue weighted by Gasteiger charge is -2.08. The van der Waals surface area contributed by atoms with Crippen LogP contribution in [0.1, 0.15) is 18.4 Å². The van der Waals surface area contributed by atoms with E-state index in [9.17, 15) is 13.2 Å². The van der Waals surface area contributed by atoms with E-state index in [1.807, 2.05) is 30.3 Å². The second-order valence-electron chi connectivity index (χ2n) is 5.62. The van der Waals surface area contributed by atoms with Crippen LogP contribution in [-0.2, 0) is 21.2 Å². The Bertz CT molecular complexity index is 973. The quantitative estimate of drug-likeness (QED) is 0.674. The number of aryl methyl sites for hydroxylation is 1. The number of sulfonamides is 1. The lowest BCUT2D eigenvalue weighted by Crippen LogP contribution is -2.30. The molecule has 8 nitrogen and oxygen atoms in total. The normalized spacial score (nSPS) is 11.2. The van der Waals surface area contributed by atoms with Crippen LogP contribution in [0.5, 0.6) is 0 Å². The average molecular weight is 371 g/mol. The molecule has 3 rings (SSSR count). The van der Waals surface area contributed by atoms with E-state index in [0.717, 1.165) is 5.56 Å². The zero-order valence-electron chi connectivity index (χ0n) is 13.8. The Morgan fingerprint density at radius 3 is 2.62 bits per heavy atom. The van der Waals surface area contributed by atoms with Crippen molar-refractivity contribution < 1.29 is 13.2 Å². The van der Waals surface area contributed by atoms with Crippen molar-refractivity contribution in [2.45, 2.75) is 24.2 Å². The van der Waals surface area contributed by atoms with Crippen molar-refractivity contribution in [1.29, 1.82) is 0 Å². The molecule has 1 heterocycles. The maximum absolute atomic E-state index is 12.4. The Morgan fingerprint density at radius 1 is 1.08 bits per heavy atom. The molecule has 9 heteroatoms. The van der Waals surface area contributed by atoms with Gasteiger partial charge in [-0.05, 0) is 47.0 Å². The first-order valence-corrected chi connectivity index (χ1v) is 9.46. The smallest absolute Gasteiger partial charge is 0.264 e. The lowest BCUT2D eigenvalue weighted by atomic mass is 10.1. The topological polar surface area (TPSA) is 107 Å². The largest absolute Gasteiger partial charge is 0.274 e. The molecule has 2 aromatic carbocycles. The van der Waals surface area contributed by atoms with Gasteiger partial charge in [-0.2, -0.15) is 0 Å². The number of rotatable bonds is 7. The number of amides is 1. The molecule has 0 aliphatic carbocycles. The monoisotopic (exact) mass is 371 g/mol. The molecule has 0 atom stereocenters. The van der Waals surface area contributed by atoms with Crippen LogP contribution in [-0.4, -0.2) is 34.5 Å². The predicted molar refractivity (Wildman–Crippen MR) is 93.9 cm³/mol. The molecule has 0 fully saturated rings. The van der Waals surface area contributed by atoms with Crippen molar-refractivity contribution in [2.24, 2.45) is 0 Å². The van der Waals surface area contributed by atoms with Crippen LogP contribution >= 0.6 is 0 Å². The van der Waals surface area contributed by atoms with E-state index in [1.54, 1.807) is 12.1 Å². The van der Waals surface area contributed by atoms with Crippen molar-refractivity contribution >= 4 is 15.9 Å². The predicted octanol–water partition coefficient (Wildman–Crippen LogP) is 1.49. The highest BCUT2D eigenvalue weighted by molar-refractivity contribution is 7.90. The maximum Gasteiger partial charge on any atom is 0.264 e. The summed E-state index contributed by atoms with van der Waals surface area (Å²) in [5.74, 6) is -0.534. The van der Waals surface area contributed by atoms with Gasteiger partial charge in [-0.3, -0.25) is 4.79 Å². The summed E-state index contributed by atoms with van der Waals surface area (Å²) in [6.45, 7) is 0. The fourth-order valence-electron chi connectivity index (χ4n) is 2.43. The highest BCUT2D eigenvalue weighted by atomic mass is 32.2. The number of carbonyl (C=O) groups is 1. The van der Waals surface area contributed by atoms with Gasteiger partial charge in [0.1, 0.15) is 6.33 Å². The van der Waals surface area contributed by atoms with Crippen molar-refractivity contribution in [1.82, 2.24) is 24.9 Å². The van der Waals surface area contributed by atoms with E-state index >= 15 is 0 Å². The van der Waals surface area contributed by atoms with E-state index in [1.165, 1.54) is 23.1 Å². The first-order valence-electron chi connectivity index (χ1n) is 7.97. The summed E-state index contributed by atoms with van der Waals surface area (Å²) in [5, 5.41) is 10.7. The summed E-state index contributed by atoms with van der Waals surface area (Å²) >= 11 is 0. The molecule has 1 N–H and O–H groups in total. The van der Waals surface area contributed by atoms with Crippen molar-refractivity contribution in [3.8, 4) is 5.69 Å². The number of nitrogens with one attached hydrogen (secondary N) is 1. The summed E-state index contributed by atoms with van der Waals surface area (Å²) in [7, 11) is -3.95. The summed E-state index contributed by atoms with van der Waals surface area (Å²) in [6, 6.07) is 15.8. The lowest BCUT2D eigenvalue weighted by molar-refractivity contribution is -0.119. The van der Waals surface area contributed by atoms with Crippen molar-refractivity contribution in [3.05, 3.63) is 66.5 Å². The third-order valence-corrected chi connectivity index (χ3v) is 5.07.